The lowest BCUT2D eigenvalue weighted by atomic mass is 9.80. The molecule has 0 aromatic heterocycles. The lowest BCUT2D eigenvalue weighted by molar-refractivity contribution is 0.113. The minimum atomic E-state index is -3.16. The summed E-state index contributed by atoms with van der Waals surface area (Å²) in [5.74, 6) is 0.589. The zero-order chi connectivity index (χ0) is 15.6. The Balaban J connectivity index is 4.77. The highest BCUT2D eigenvalue weighted by Gasteiger charge is 2.33. The van der Waals surface area contributed by atoms with Crippen LogP contribution >= 0.6 is 0 Å². The van der Waals surface area contributed by atoms with Crippen LogP contribution in [0.4, 0.5) is 0 Å². The molecular formula is C14H32N2O2S. The lowest BCUT2D eigenvalue weighted by Crippen LogP contribution is -2.52. The highest BCUT2D eigenvalue weighted by molar-refractivity contribution is 7.88. The van der Waals surface area contributed by atoms with Gasteiger partial charge in [-0.3, -0.25) is 0 Å². The van der Waals surface area contributed by atoms with Gasteiger partial charge in [-0.05, 0) is 32.2 Å². The fourth-order valence-electron chi connectivity index (χ4n) is 2.14. The second-order valence-corrected chi connectivity index (χ2v) is 9.37. The quantitative estimate of drug-likeness (QED) is 0.723. The molecule has 0 aliphatic rings. The van der Waals surface area contributed by atoms with Crippen LogP contribution in [0.15, 0.2) is 0 Å². The molecule has 0 fully saturated rings. The van der Waals surface area contributed by atoms with E-state index >= 15 is 0 Å². The van der Waals surface area contributed by atoms with Gasteiger partial charge in [-0.25, -0.2) is 8.42 Å². The van der Waals surface area contributed by atoms with E-state index in [2.05, 4.69) is 39.6 Å². The van der Waals surface area contributed by atoms with Crippen molar-refractivity contribution in [2.24, 2.45) is 11.3 Å². The minimum absolute atomic E-state index is 0.217. The van der Waals surface area contributed by atoms with Crippen molar-refractivity contribution in [2.45, 2.75) is 47.1 Å². The summed E-state index contributed by atoms with van der Waals surface area (Å²) in [6.45, 7) is 14.5. The SMILES string of the molecule is CC(C)C(C)(C)CN(C)CC(C)(C)N(C)S(C)(=O)=O. The monoisotopic (exact) mass is 292 g/mol. The van der Waals surface area contributed by atoms with E-state index in [9.17, 15) is 8.42 Å². The van der Waals surface area contributed by atoms with Crippen LogP contribution in [0.3, 0.4) is 0 Å². The second-order valence-electron chi connectivity index (χ2n) is 7.36. The Morgan fingerprint density at radius 3 is 1.74 bits per heavy atom. The maximum Gasteiger partial charge on any atom is 0.211 e. The Bertz CT molecular complexity index is 386. The van der Waals surface area contributed by atoms with Gasteiger partial charge >= 0.3 is 0 Å². The Morgan fingerprint density at radius 2 is 1.42 bits per heavy atom. The van der Waals surface area contributed by atoms with E-state index in [4.69, 9.17) is 0 Å². The zero-order valence-corrected chi connectivity index (χ0v) is 14.9. The third kappa shape index (κ3) is 5.79. The van der Waals surface area contributed by atoms with Crippen LogP contribution in [-0.2, 0) is 10.0 Å². The summed E-state index contributed by atoms with van der Waals surface area (Å²) < 4.78 is 24.8. The average molecular weight is 292 g/mol. The van der Waals surface area contributed by atoms with Crippen LogP contribution in [0, 0.1) is 11.3 Å². The molecule has 0 heterocycles. The van der Waals surface area contributed by atoms with Gasteiger partial charge in [-0.1, -0.05) is 27.7 Å². The first-order valence-corrected chi connectivity index (χ1v) is 8.67. The molecule has 0 bridgehead atoms. The molecule has 0 unspecified atom stereocenters. The van der Waals surface area contributed by atoms with Crippen molar-refractivity contribution in [1.29, 1.82) is 0 Å². The predicted molar refractivity (Wildman–Crippen MR) is 82.8 cm³/mol. The number of hydrogen-bond acceptors (Lipinski definition) is 3. The maximum absolute atomic E-state index is 11.7. The van der Waals surface area contributed by atoms with Crippen LogP contribution in [0.2, 0.25) is 0 Å². The zero-order valence-electron chi connectivity index (χ0n) is 14.1. The average Bonchev–Trinajstić information content (AvgIpc) is 2.12. The van der Waals surface area contributed by atoms with E-state index in [1.54, 1.807) is 7.05 Å². The smallest absolute Gasteiger partial charge is 0.211 e. The molecule has 0 saturated heterocycles. The molecule has 0 amide bonds. The molecule has 19 heavy (non-hydrogen) atoms. The van der Waals surface area contributed by atoms with E-state index in [-0.39, 0.29) is 5.41 Å². The summed E-state index contributed by atoms with van der Waals surface area (Å²) in [7, 11) is 0.548. The van der Waals surface area contributed by atoms with Gasteiger partial charge in [0.25, 0.3) is 0 Å². The van der Waals surface area contributed by atoms with Crippen molar-refractivity contribution < 1.29 is 8.42 Å². The first-order chi connectivity index (χ1) is 8.20. The summed E-state index contributed by atoms with van der Waals surface area (Å²) >= 11 is 0. The van der Waals surface area contributed by atoms with Crippen LogP contribution < -0.4 is 0 Å². The molecule has 0 N–H and O–H groups in total. The largest absolute Gasteiger partial charge is 0.304 e. The van der Waals surface area contributed by atoms with Crippen molar-refractivity contribution in [3.63, 3.8) is 0 Å². The van der Waals surface area contributed by atoms with Crippen molar-refractivity contribution in [3.05, 3.63) is 0 Å². The standard InChI is InChI=1S/C14H32N2O2S/c1-12(2)13(3,4)10-15(7)11-14(5,6)16(8)19(9,17)18/h12H,10-11H2,1-9H3. The first-order valence-electron chi connectivity index (χ1n) is 6.83. The van der Waals surface area contributed by atoms with Crippen molar-refractivity contribution >= 4 is 10.0 Å². The van der Waals surface area contributed by atoms with Gasteiger partial charge in [-0.2, -0.15) is 4.31 Å². The lowest BCUT2D eigenvalue weighted by Gasteiger charge is -2.40. The fourth-order valence-corrected chi connectivity index (χ4v) is 3.10. The van der Waals surface area contributed by atoms with E-state index in [0.29, 0.717) is 12.5 Å². The predicted octanol–water partition coefficient (Wildman–Crippen LogP) is 2.27. The Hall–Kier alpha value is -0.130. The van der Waals surface area contributed by atoms with Gasteiger partial charge in [0.2, 0.25) is 10.0 Å². The van der Waals surface area contributed by atoms with Crippen LogP contribution in [-0.4, -0.2) is 56.6 Å². The topological polar surface area (TPSA) is 40.6 Å². The first kappa shape index (κ1) is 18.9. The maximum atomic E-state index is 11.7. The van der Waals surface area contributed by atoms with Crippen molar-refractivity contribution in [1.82, 2.24) is 9.21 Å². The number of sulfonamides is 1. The van der Waals surface area contributed by atoms with Gasteiger partial charge in [0.05, 0.1) is 6.26 Å². The Labute approximate surface area is 120 Å². The molecule has 0 saturated carbocycles. The summed E-state index contributed by atoms with van der Waals surface area (Å²) in [6.07, 6.45) is 1.26. The summed E-state index contributed by atoms with van der Waals surface area (Å²) in [4.78, 5) is 2.22. The molecule has 0 aliphatic carbocycles. The molecule has 0 rings (SSSR count). The molecule has 4 nitrogen and oxygen atoms in total. The van der Waals surface area contributed by atoms with E-state index in [1.807, 2.05) is 13.8 Å². The van der Waals surface area contributed by atoms with Gasteiger partial charge in [0.1, 0.15) is 0 Å². The van der Waals surface area contributed by atoms with Crippen LogP contribution in [0.25, 0.3) is 0 Å². The third-order valence-corrected chi connectivity index (χ3v) is 5.74. The highest BCUT2D eigenvalue weighted by atomic mass is 32.2. The van der Waals surface area contributed by atoms with Gasteiger partial charge in [0, 0.05) is 25.7 Å². The molecule has 0 aromatic carbocycles. The van der Waals surface area contributed by atoms with Crippen LogP contribution in [0.5, 0.6) is 0 Å². The molecule has 0 aromatic rings. The number of likely N-dealkylation sites (N-methyl/N-ethyl adjacent to an activating group) is 2. The van der Waals surface area contributed by atoms with E-state index in [1.165, 1.54) is 10.6 Å². The summed E-state index contributed by atoms with van der Waals surface area (Å²) in [6, 6.07) is 0. The molecule has 0 atom stereocenters. The normalized spacial score (nSPS) is 14.7. The number of nitrogens with zero attached hydrogens (tertiary/aromatic N) is 2. The van der Waals surface area contributed by atoms with Gasteiger partial charge < -0.3 is 4.90 Å². The highest BCUT2D eigenvalue weighted by Crippen LogP contribution is 2.27. The minimum Gasteiger partial charge on any atom is -0.304 e. The Morgan fingerprint density at radius 1 is 1.00 bits per heavy atom. The molecule has 0 spiro atoms. The van der Waals surface area contributed by atoms with Crippen molar-refractivity contribution in [2.75, 3.05) is 33.4 Å². The molecular weight excluding hydrogens is 260 g/mol. The second kappa shape index (κ2) is 6.10. The molecule has 0 aliphatic heterocycles. The van der Waals surface area contributed by atoms with Gasteiger partial charge in [0.15, 0.2) is 0 Å². The van der Waals surface area contributed by atoms with E-state index in [0.717, 1.165) is 6.54 Å². The molecule has 0 radical (unpaired) electrons. The number of rotatable bonds is 7. The van der Waals surface area contributed by atoms with Crippen molar-refractivity contribution in [3.8, 4) is 0 Å². The van der Waals surface area contributed by atoms with E-state index < -0.39 is 15.6 Å². The summed E-state index contributed by atoms with van der Waals surface area (Å²) in [5, 5.41) is 0. The Kier molecular flexibility index (Phi) is 6.06. The number of hydrogen-bond donors (Lipinski definition) is 0. The fraction of sp³-hybridized carbons (Fsp3) is 1.00. The molecule has 5 heteroatoms. The van der Waals surface area contributed by atoms with Crippen LogP contribution in [0.1, 0.15) is 41.5 Å². The summed E-state index contributed by atoms with van der Waals surface area (Å²) in [5.41, 5.74) is -0.191. The third-order valence-electron chi connectivity index (χ3n) is 4.25. The van der Waals surface area contributed by atoms with Gasteiger partial charge in [-0.15, -0.1) is 0 Å². The molecule has 116 valence electrons.